The molecule has 0 saturated heterocycles. The topological polar surface area (TPSA) is 28.2 Å². The zero-order valence-electron chi connectivity index (χ0n) is 17.6. The van der Waals surface area contributed by atoms with Gasteiger partial charge in [0, 0.05) is 0 Å². The van der Waals surface area contributed by atoms with E-state index in [2.05, 4.69) is 0 Å². The van der Waals surface area contributed by atoms with Crippen LogP contribution in [0, 0.1) is 23.7 Å². The van der Waals surface area contributed by atoms with Crippen molar-refractivity contribution in [2.45, 2.75) is 108 Å². The van der Waals surface area contributed by atoms with Crippen LogP contribution >= 0.6 is 18.6 Å². The third-order valence-electron chi connectivity index (χ3n) is 8.11. The molecule has 0 aromatic heterocycles. The van der Waals surface area contributed by atoms with Gasteiger partial charge in [-0.15, -0.1) is 12.1 Å². The van der Waals surface area contributed by atoms with Crippen LogP contribution in [0.5, 0.6) is 0 Å². The Bertz CT molecular complexity index is 389. The molecule has 6 unspecified atom stereocenters. The van der Waals surface area contributed by atoms with E-state index in [1.165, 1.54) is 96.3 Å². The second-order valence-electron chi connectivity index (χ2n) is 9.78. The Morgan fingerprint density at radius 3 is 1.39 bits per heavy atom. The van der Waals surface area contributed by atoms with Gasteiger partial charge in [0.25, 0.3) is 0 Å². The zero-order valence-corrected chi connectivity index (χ0v) is 20.7. The van der Waals surface area contributed by atoms with E-state index in [1.807, 2.05) is 0 Å². The molecule has 0 amide bonds. The van der Waals surface area contributed by atoms with Gasteiger partial charge in [0.15, 0.2) is 0 Å². The molecule has 0 heterocycles. The van der Waals surface area contributed by atoms with Crippen LogP contribution in [0.2, 0.25) is 0 Å². The van der Waals surface area contributed by atoms with E-state index in [4.69, 9.17) is 29.2 Å². The summed E-state index contributed by atoms with van der Waals surface area (Å²) in [4.78, 5) is 0. The first kappa shape index (κ1) is 23.9. The SMILES string of the molecule is C(C[N-]C1CCC2CCCCC2C1)C[N-]C1CCC2CCCCC2C1.[Cl][Ti][Cl]. The number of hydrogen-bond acceptors (Lipinski definition) is 0. The van der Waals surface area contributed by atoms with Crippen molar-refractivity contribution in [1.29, 1.82) is 0 Å². The van der Waals surface area contributed by atoms with E-state index in [0.29, 0.717) is 12.1 Å². The van der Waals surface area contributed by atoms with E-state index in [0.717, 1.165) is 36.8 Å². The molecule has 0 aromatic rings. The van der Waals surface area contributed by atoms with Gasteiger partial charge in [0.2, 0.25) is 0 Å². The Morgan fingerprint density at radius 1 is 0.571 bits per heavy atom. The summed E-state index contributed by atoms with van der Waals surface area (Å²) in [5.74, 6) is 4.16. The fourth-order valence-corrected chi connectivity index (χ4v) is 6.65. The Hall–Kier alpha value is 1.21. The summed E-state index contributed by atoms with van der Waals surface area (Å²) in [6, 6.07) is 1.38. The maximum absolute atomic E-state index is 5.06. The van der Waals surface area contributed by atoms with Crippen LogP contribution in [0.15, 0.2) is 0 Å². The fourth-order valence-electron chi connectivity index (χ4n) is 6.65. The van der Waals surface area contributed by atoms with Gasteiger partial charge < -0.3 is 10.6 Å². The maximum atomic E-state index is 5.06. The fraction of sp³-hybridized carbons (Fsp3) is 1.00. The van der Waals surface area contributed by atoms with Gasteiger partial charge in [-0.1, -0.05) is 96.3 Å². The Labute approximate surface area is 190 Å². The number of fused-ring (bicyclic) bond motifs is 2. The molecule has 28 heavy (non-hydrogen) atoms. The standard InChI is InChI=1S/C23H40N2.2ClH.Ti/c1-3-8-20-16-22(12-10-18(20)6-1)24-14-5-15-25-23-13-11-19-7-2-4-9-21(19)17-23;;;/h18-23H,1-17H2;2*1H;/q-2;;;+2/p-2. The molecular weight excluding hydrogens is 423 g/mol. The summed E-state index contributed by atoms with van der Waals surface area (Å²) >= 11 is -0.556. The molecule has 162 valence electrons. The molecule has 0 aliphatic heterocycles. The van der Waals surface area contributed by atoms with E-state index >= 15 is 0 Å². The average molecular weight is 463 g/mol. The summed E-state index contributed by atoms with van der Waals surface area (Å²) in [6.45, 7) is 2.15. The van der Waals surface area contributed by atoms with Crippen LogP contribution in [0.1, 0.15) is 96.3 Å². The van der Waals surface area contributed by atoms with Gasteiger partial charge in [-0.3, -0.25) is 0 Å². The quantitative estimate of drug-likeness (QED) is 0.281. The van der Waals surface area contributed by atoms with Crippen LogP contribution in [-0.2, 0) is 17.0 Å². The minimum absolute atomic E-state index is 0.556. The summed E-state index contributed by atoms with van der Waals surface area (Å²) in [7, 11) is 9.78. The molecule has 4 rings (SSSR count). The average Bonchev–Trinajstić information content (AvgIpc) is 2.74. The predicted molar refractivity (Wildman–Crippen MR) is 119 cm³/mol. The van der Waals surface area contributed by atoms with Gasteiger partial charge in [-0.05, 0) is 23.7 Å². The normalized spacial score (nSPS) is 37.8. The molecular formula is C23H40Cl2N2Ti-2. The van der Waals surface area contributed by atoms with E-state index < -0.39 is 17.0 Å². The molecule has 0 radical (unpaired) electrons. The van der Waals surface area contributed by atoms with Gasteiger partial charge in [0.05, 0.1) is 0 Å². The summed E-state index contributed by atoms with van der Waals surface area (Å²) in [6.07, 6.45) is 21.7. The van der Waals surface area contributed by atoms with Crippen molar-refractivity contribution in [2.75, 3.05) is 13.1 Å². The number of rotatable bonds is 6. The van der Waals surface area contributed by atoms with E-state index in [-0.39, 0.29) is 0 Å². The van der Waals surface area contributed by atoms with Crippen molar-refractivity contribution in [3.63, 3.8) is 0 Å². The molecule has 6 atom stereocenters. The van der Waals surface area contributed by atoms with Crippen LogP contribution in [-0.4, -0.2) is 25.2 Å². The molecule has 4 fully saturated rings. The number of halogens is 2. The molecule has 0 aromatic carbocycles. The zero-order chi connectivity index (χ0) is 19.6. The molecule has 4 aliphatic rings. The number of nitrogens with zero attached hydrogens (tertiary/aromatic N) is 2. The molecule has 0 spiro atoms. The van der Waals surface area contributed by atoms with Crippen LogP contribution in [0.4, 0.5) is 0 Å². The van der Waals surface area contributed by atoms with Crippen molar-refractivity contribution >= 4 is 18.6 Å². The molecule has 0 N–H and O–H groups in total. The van der Waals surface area contributed by atoms with Gasteiger partial charge in [-0.25, -0.2) is 0 Å². The van der Waals surface area contributed by atoms with Crippen molar-refractivity contribution in [3.05, 3.63) is 10.6 Å². The first-order valence-corrected chi connectivity index (χ1v) is 16.4. The van der Waals surface area contributed by atoms with E-state index in [1.54, 1.807) is 0 Å². The van der Waals surface area contributed by atoms with Gasteiger partial charge in [0.1, 0.15) is 0 Å². The third kappa shape index (κ3) is 7.72. The van der Waals surface area contributed by atoms with Crippen LogP contribution in [0.3, 0.4) is 0 Å². The second-order valence-corrected chi connectivity index (χ2v) is 12.4. The minimum atomic E-state index is -0.556. The van der Waals surface area contributed by atoms with Gasteiger partial charge >= 0.3 is 35.6 Å². The predicted octanol–water partition coefficient (Wildman–Crippen LogP) is 8.22. The van der Waals surface area contributed by atoms with Crippen molar-refractivity contribution in [2.24, 2.45) is 23.7 Å². The molecule has 5 heteroatoms. The summed E-state index contributed by atoms with van der Waals surface area (Å²) in [5, 5.41) is 10.1. The molecule has 2 nitrogen and oxygen atoms in total. The Kier molecular flexibility index (Phi) is 11.6. The Balaban J connectivity index is 0.000000706. The Morgan fingerprint density at radius 2 is 0.964 bits per heavy atom. The van der Waals surface area contributed by atoms with Gasteiger partial charge in [-0.2, -0.15) is 13.1 Å². The first-order valence-electron chi connectivity index (χ1n) is 12.1. The first-order chi connectivity index (χ1) is 13.8. The molecule has 0 bridgehead atoms. The monoisotopic (exact) mass is 462 g/mol. The van der Waals surface area contributed by atoms with Crippen molar-refractivity contribution in [1.82, 2.24) is 0 Å². The second kappa shape index (κ2) is 13.6. The third-order valence-corrected chi connectivity index (χ3v) is 8.11. The molecule has 4 saturated carbocycles. The van der Waals surface area contributed by atoms with Crippen molar-refractivity contribution < 1.29 is 17.0 Å². The number of hydrogen-bond donors (Lipinski definition) is 0. The summed E-state index contributed by atoms with van der Waals surface area (Å²) in [5.41, 5.74) is 0. The summed E-state index contributed by atoms with van der Waals surface area (Å²) < 4.78 is 0. The van der Waals surface area contributed by atoms with Crippen LogP contribution in [0.25, 0.3) is 10.6 Å². The molecule has 4 aliphatic carbocycles. The van der Waals surface area contributed by atoms with E-state index in [9.17, 15) is 0 Å². The van der Waals surface area contributed by atoms with Crippen molar-refractivity contribution in [3.8, 4) is 0 Å². The van der Waals surface area contributed by atoms with Crippen LogP contribution < -0.4 is 0 Å².